The summed E-state index contributed by atoms with van der Waals surface area (Å²) in [6.07, 6.45) is -0.423. The lowest BCUT2D eigenvalue weighted by Gasteiger charge is -2.16. The first-order chi connectivity index (χ1) is 9.21. The first-order valence-corrected chi connectivity index (χ1v) is 5.79. The van der Waals surface area contributed by atoms with Crippen molar-refractivity contribution in [3.8, 4) is 29.1 Å². The fourth-order valence-corrected chi connectivity index (χ4v) is 2.04. The van der Waals surface area contributed by atoms with Crippen LogP contribution in [0.5, 0.6) is 23.0 Å². The monoisotopic (exact) mass is 265 g/mol. The van der Waals surface area contributed by atoms with Gasteiger partial charge in [0, 0.05) is 12.0 Å². The van der Waals surface area contributed by atoms with E-state index in [1.807, 2.05) is 6.07 Å². The van der Waals surface area contributed by atoms with Crippen molar-refractivity contribution in [2.24, 2.45) is 0 Å². The van der Waals surface area contributed by atoms with E-state index >= 15 is 0 Å². The molecule has 0 bridgehead atoms. The molecule has 1 aromatic rings. The highest BCUT2D eigenvalue weighted by Gasteiger charge is 2.26. The molecule has 0 aliphatic carbocycles. The Kier molecular flexibility index (Phi) is 3.97. The van der Waals surface area contributed by atoms with Crippen LogP contribution in [0, 0.1) is 11.3 Å². The van der Waals surface area contributed by atoms with Crippen molar-refractivity contribution in [1.29, 1.82) is 5.26 Å². The topological polar surface area (TPSA) is 80.9 Å². The molecule has 1 aliphatic rings. The van der Waals surface area contributed by atoms with Gasteiger partial charge in [-0.25, -0.2) is 0 Å². The van der Waals surface area contributed by atoms with Crippen LogP contribution in [0.15, 0.2) is 6.07 Å². The molecule has 0 amide bonds. The first-order valence-electron chi connectivity index (χ1n) is 5.79. The molecule has 0 aromatic heterocycles. The smallest absolute Gasteiger partial charge is 0.231 e. The molecule has 1 aromatic carbocycles. The predicted octanol–water partition coefficient (Wildman–Crippen LogP) is 1.25. The molecule has 19 heavy (non-hydrogen) atoms. The molecule has 1 aliphatic heterocycles. The van der Waals surface area contributed by atoms with Gasteiger partial charge in [0.25, 0.3) is 0 Å². The van der Waals surface area contributed by atoms with Gasteiger partial charge in [-0.05, 0) is 6.07 Å². The van der Waals surface area contributed by atoms with Crippen molar-refractivity contribution in [2.45, 2.75) is 18.9 Å². The van der Waals surface area contributed by atoms with E-state index in [2.05, 4.69) is 0 Å². The number of rotatable bonds is 5. The van der Waals surface area contributed by atoms with Gasteiger partial charge in [0.2, 0.25) is 18.3 Å². The highest BCUT2D eigenvalue weighted by molar-refractivity contribution is 5.63. The van der Waals surface area contributed by atoms with E-state index in [4.69, 9.17) is 24.2 Å². The lowest BCUT2D eigenvalue weighted by Crippen LogP contribution is -2.10. The van der Waals surface area contributed by atoms with E-state index in [0.29, 0.717) is 28.6 Å². The Morgan fingerprint density at radius 3 is 2.74 bits per heavy atom. The van der Waals surface area contributed by atoms with Gasteiger partial charge in [-0.2, -0.15) is 5.26 Å². The number of ether oxygens (including phenoxy) is 4. The van der Waals surface area contributed by atoms with Crippen LogP contribution in [0.3, 0.4) is 0 Å². The Morgan fingerprint density at radius 2 is 2.11 bits per heavy atom. The van der Waals surface area contributed by atoms with Crippen molar-refractivity contribution >= 4 is 0 Å². The van der Waals surface area contributed by atoms with Crippen LogP contribution in [0.4, 0.5) is 0 Å². The normalized spacial score (nSPS) is 13.8. The van der Waals surface area contributed by atoms with E-state index in [0.717, 1.165) is 0 Å². The molecule has 2 rings (SSSR count). The average Bonchev–Trinajstić information content (AvgIpc) is 2.85. The van der Waals surface area contributed by atoms with Crippen LogP contribution in [0.2, 0.25) is 0 Å². The third kappa shape index (κ3) is 2.51. The summed E-state index contributed by atoms with van der Waals surface area (Å²) < 4.78 is 21.2. The van der Waals surface area contributed by atoms with Crippen molar-refractivity contribution in [2.75, 3.05) is 21.0 Å². The lowest BCUT2D eigenvalue weighted by molar-refractivity contribution is 0.170. The molecule has 0 saturated carbocycles. The molecule has 0 radical (unpaired) electrons. The molecular formula is C13H15NO5. The molecule has 1 N–H and O–H groups in total. The van der Waals surface area contributed by atoms with Crippen molar-refractivity contribution in [3.05, 3.63) is 11.6 Å². The van der Waals surface area contributed by atoms with Crippen LogP contribution in [0.25, 0.3) is 0 Å². The zero-order valence-corrected chi connectivity index (χ0v) is 10.8. The van der Waals surface area contributed by atoms with Crippen LogP contribution < -0.4 is 18.9 Å². The van der Waals surface area contributed by atoms with Gasteiger partial charge in [-0.1, -0.05) is 0 Å². The molecule has 0 fully saturated rings. The van der Waals surface area contributed by atoms with Gasteiger partial charge in [0.05, 0.1) is 32.8 Å². The molecule has 6 heteroatoms. The van der Waals surface area contributed by atoms with Gasteiger partial charge in [0.15, 0.2) is 11.5 Å². The summed E-state index contributed by atoms with van der Waals surface area (Å²) in [5, 5.41) is 18.3. The standard InChI is InChI=1S/C13H15NO5/c1-16-11-8(5-9(15)3-4-14)6-10-12(13(11)17-2)19-7-18-10/h6,9,15H,3,5,7H2,1-2H3/t9-/m1/s1. The van der Waals surface area contributed by atoms with E-state index in [1.165, 1.54) is 14.2 Å². The highest BCUT2D eigenvalue weighted by Crippen LogP contribution is 2.49. The fourth-order valence-electron chi connectivity index (χ4n) is 2.04. The second kappa shape index (κ2) is 5.67. The Bertz CT molecular complexity index is 509. The molecular weight excluding hydrogens is 250 g/mol. The summed E-state index contributed by atoms with van der Waals surface area (Å²) >= 11 is 0. The Balaban J connectivity index is 2.40. The number of aliphatic hydroxyl groups is 1. The second-order valence-corrected chi connectivity index (χ2v) is 4.06. The minimum Gasteiger partial charge on any atom is -0.492 e. The number of hydrogen-bond donors (Lipinski definition) is 1. The Labute approximate surface area is 111 Å². The third-order valence-electron chi connectivity index (χ3n) is 2.84. The van der Waals surface area contributed by atoms with E-state index in [9.17, 15) is 5.11 Å². The largest absolute Gasteiger partial charge is 0.492 e. The van der Waals surface area contributed by atoms with Gasteiger partial charge < -0.3 is 24.1 Å². The van der Waals surface area contributed by atoms with Gasteiger partial charge in [0.1, 0.15) is 0 Å². The maximum atomic E-state index is 9.74. The second-order valence-electron chi connectivity index (χ2n) is 4.06. The summed E-state index contributed by atoms with van der Waals surface area (Å²) in [5.74, 6) is 1.98. The minimum atomic E-state index is -0.760. The van der Waals surface area contributed by atoms with Gasteiger partial charge in [-0.15, -0.1) is 0 Å². The summed E-state index contributed by atoms with van der Waals surface area (Å²) in [5.41, 5.74) is 0.714. The quantitative estimate of drug-likeness (QED) is 0.863. The number of benzene rings is 1. The van der Waals surface area contributed by atoms with Crippen LogP contribution in [-0.4, -0.2) is 32.2 Å². The number of fused-ring (bicyclic) bond motifs is 1. The summed E-state index contributed by atoms with van der Waals surface area (Å²) in [4.78, 5) is 0. The number of hydrogen-bond acceptors (Lipinski definition) is 6. The minimum absolute atomic E-state index is 0.0555. The maximum absolute atomic E-state index is 9.74. The summed E-state index contributed by atoms with van der Waals surface area (Å²) in [7, 11) is 3.02. The number of methoxy groups -OCH3 is 2. The van der Waals surface area contributed by atoms with Crippen LogP contribution in [-0.2, 0) is 6.42 Å². The third-order valence-corrected chi connectivity index (χ3v) is 2.84. The Morgan fingerprint density at radius 1 is 1.37 bits per heavy atom. The number of nitrogens with zero attached hydrogens (tertiary/aromatic N) is 1. The van der Waals surface area contributed by atoms with Gasteiger partial charge in [-0.3, -0.25) is 0 Å². The lowest BCUT2D eigenvalue weighted by atomic mass is 10.0. The van der Waals surface area contributed by atoms with E-state index in [-0.39, 0.29) is 19.6 Å². The SMILES string of the molecule is COc1c(C[C@H](O)CC#N)cc2c(c1OC)OCO2. The van der Waals surface area contributed by atoms with Crippen LogP contribution >= 0.6 is 0 Å². The van der Waals surface area contributed by atoms with Crippen LogP contribution in [0.1, 0.15) is 12.0 Å². The van der Waals surface area contributed by atoms with Crippen molar-refractivity contribution in [1.82, 2.24) is 0 Å². The zero-order valence-electron chi connectivity index (χ0n) is 10.8. The molecule has 0 unspecified atom stereocenters. The molecule has 1 atom stereocenters. The van der Waals surface area contributed by atoms with Crippen molar-refractivity contribution in [3.63, 3.8) is 0 Å². The average molecular weight is 265 g/mol. The molecule has 102 valence electrons. The Hall–Kier alpha value is -2.13. The fraction of sp³-hybridized carbons (Fsp3) is 0.462. The summed E-state index contributed by atoms with van der Waals surface area (Å²) in [6.45, 7) is 0.124. The van der Waals surface area contributed by atoms with E-state index in [1.54, 1.807) is 6.07 Å². The van der Waals surface area contributed by atoms with E-state index < -0.39 is 6.10 Å². The number of nitriles is 1. The highest BCUT2D eigenvalue weighted by atomic mass is 16.7. The molecule has 6 nitrogen and oxygen atoms in total. The molecule has 1 heterocycles. The van der Waals surface area contributed by atoms with Crippen molar-refractivity contribution < 1.29 is 24.1 Å². The first kappa shape index (κ1) is 13.3. The number of aliphatic hydroxyl groups excluding tert-OH is 1. The van der Waals surface area contributed by atoms with Gasteiger partial charge >= 0.3 is 0 Å². The predicted molar refractivity (Wildman–Crippen MR) is 65.6 cm³/mol. The molecule has 0 spiro atoms. The molecule has 0 saturated heterocycles. The zero-order chi connectivity index (χ0) is 13.8. The maximum Gasteiger partial charge on any atom is 0.231 e. The summed E-state index contributed by atoms with van der Waals surface area (Å²) in [6, 6.07) is 3.67.